The minimum Gasteiger partial charge on any atom is -0.316 e. The maximum atomic E-state index is 13.4. The number of nitrogens with one attached hydrogen (secondary N) is 1. The van der Waals surface area contributed by atoms with E-state index in [-0.39, 0.29) is 5.92 Å². The lowest BCUT2D eigenvalue weighted by atomic mass is 9.72. The van der Waals surface area contributed by atoms with Gasteiger partial charge in [0.2, 0.25) is 0 Å². The molecule has 2 aromatic carbocycles. The molecule has 0 amide bonds. The molecule has 3 heteroatoms. The Balaban J connectivity index is 1.43. The number of carbonyl (C=O) groups excluding carboxylic acids is 1. The summed E-state index contributed by atoms with van der Waals surface area (Å²) in [7, 11) is 0. The summed E-state index contributed by atoms with van der Waals surface area (Å²) in [5, 5.41) is 3.48. The zero-order valence-electron chi connectivity index (χ0n) is 16.0. The highest BCUT2D eigenvalue weighted by Gasteiger charge is 2.38. The molecule has 0 bridgehead atoms. The standard InChI is InChI=1S/C24H30N2O/c27-24(21-9-5-2-6-10-21)23(22-11-14-25-17-22)20-12-15-26(16-13-20)18-19-7-3-1-4-8-19/h1-10,20,22-23,25H,11-18H2. The number of Topliss-reactive ketones (excluding diaryl/α,β-unsaturated/α-hetero) is 1. The first-order valence-electron chi connectivity index (χ1n) is 10.4. The lowest BCUT2D eigenvalue weighted by molar-refractivity contribution is 0.0698. The van der Waals surface area contributed by atoms with E-state index in [9.17, 15) is 4.79 Å². The van der Waals surface area contributed by atoms with Crippen LogP contribution in [0.4, 0.5) is 0 Å². The lowest BCUT2D eigenvalue weighted by Crippen LogP contribution is -2.40. The molecule has 2 aliphatic heterocycles. The van der Waals surface area contributed by atoms with E-state index in [0.29, 0.717) is 17.6 Å². The van der Waals surface area contributed by atoms with E-state index < -0.39 is 0 Å². The minimum absolute atomic E-state index is 0.168. The van der Waals surface area contributed by atoms with E-state index in [1.165, 1.54) is 5.56 Å². The van der Waals surface area contributed by atoms with Crippen molar-refractivity contribution in [2.24, 2.45) is 17.8 Å². The molecule has 0 aliphatic carbocycles. The van der Waals surface area contributed by atoms with Crippen molar-refractivity contribution in [1.82, 2.24) is 10.2 Å². The fraction of sp³-hybridized carbons (Fsp3) is 0.458. The number of piperidine rings is 1. The van der Waals surface area contributed by atoms with Crippen LogP contribution in [-0.4, -0.2) is 36.9 Å². The summed E-state index contributed by atoms with van der Waals surface area (Å²) in [5.41, 5.74) is 2.27. The molecule has 1 N–H and O–H groups in total. The Morgan fingerprint density at radius 1 is 0.926 bits per heavy atom. The maximum Gasteiger partial charge on any atom is 0.166 e. The SMILES string of the molecule is O=C(c1ccccc1)C(C1CCN(Cc2ccccc2)CC1)C1CCNC1. The van der Waals surface area contributed by atoms with Gasteiger partial charge in [0, 0.05) is 18.0 Å². The van der Waals surface area contributed by atoms with Crippen molar-refractivity contribution >= 4 is 5.78 Å². The Morgan fingerprint density at radius 3 is 2.22 bits per heavy atom. The van der Waals surface area contributed by atoms with E-state index in [1.807, 2.05) is 30.3 Å². The molecule has 2 aliphatic rings. The van der Waals surface area contributed by atoms with Crippen molar-refractivity contribution in [3.8, 4) is 0 Å². The van der Waals surface area contributed by atoms with Crippen molar-refractivity contribution < 1.29 is 4.79 Å². The van der Waals surface area contributed by atoms with Gasteiger partial charge in [-0.15, -0.1) is 0 Å². The van der Waals surface area contributed by atoms with Gasteiger partial charge in [0.15, 0.2) is 5.78 Å². The van der Waals surface area contributed by atoms with Crippen LogP contribution in [0.2, 0.25) is 0 Å². The van der Waals surface area contributed by atoms with Gasteiger partial charge in [-0.25, -0.2) is 0 Å². The van der Waals surface area contributed by atoms with Gasteiger partial charge in [0.1, 0.15) is 0 Å². The Kier molecular flexibility index (Phi) is 6.00. The third-order valence-electron chi connectivity index (χ3n) is 6.36. The van der Waals surface area contributed by atoms with Crippen LogP contribution in [-0.2, 0) is 6.54 Å². The summed E-state index contributed by atoms with van der Waals surface area (Å²) in [4.78, 5) is 15.9. The first-order chi connectivity index (χ1) is 13.3. The lowest BCUT2D eigenvalue weighted by Gasteiger charge is -2.37. The van der Waals surface area contributed by atoms with Gasteiger partial charge in [0.05, 0.1) is 0 Å². The first kappa shape index (κ1) is 18.4. The number of hydrogen-bond acceptors (Lipinski definition) is 3. The highest BCUT2D eigenvalue weighted by molar-refractivity contribution is 5.98. The molecule has 2 heterocycles. The van der Waals surface area contributed by atoms with E-state index >= 15 is 0 Å². The zero-order valence-corrected chi connectivity index (χ0v) is 16.0. The molecule has 2 saturated heterocycles. The Hall–Kier alpha value is -1.97. The third kappa shape index (κ3) is 4.48. The summed E-state index contributed by atoms with van der Waals surface area (Å²) < 4.78 is 0. The average molecular weight is 363 g/mol. The minimum atomic E-state index is 0.168. The normalized spacial score (nSPS) is 22.6. The molecule has 0 radical (unpaired) electrons. The Morgan fingerprint density at radius 2 is 1.59 bits per heavy atom. The second-order valence-corrected chi connectivity index (χ2v) is 8.11. The number of benzene rings is 2. The van der Waals surface area contributed by atoms with Gasteiger partial charge in [-0.05, 0) is 62.8 Å². The van der Waals surface area contributed by atoms with Crippen molar-refractivity contribution in [3.05, 3.63) is 71.8 Å². The van der Waals surface area contributed by atoms with Crippen molar-refractivity contribution in [1.29, 1.82) is 0 Å². The number of likely N-dealkylation sites (tertiary alicyclic amines) is 1. The molecule has 142 valence electrons. The fourth-order valence-corrected chi connectivity index (χ4v) is 4.90. The quantitative estimate of drug-likeness (QED) is 0.788. The number of ketones is 1. The Labute approximate surface area is 162 Å². The largest absolute Gasteiger partial charge is 0.316 e. The number of hydrogen-bond donors (Lipinski definition) is 1. The second kappa shape index (κ2) is 8.81. The molecule has 2 aromatic rings. The fourth-order valence-electron chi connectivity index (χ4n) is 4.90. The van der Waals surface area contributed by atoms with Crippen LogP contribution < -0.4 is 5.32 Å². The van der Waals surface area contributed by atoms with Crippen LogP contribution >= 0.6 is 0 Å². The molecule has 2 atom stereocenters. The molecule has 27 heavy (non-hydrogen) atoms. The molecule has 2 fully saturated rings. The molecule has 0 saturated carbocycles. The molecule has 0 aromatic heterocycles. The van der Waals surface area contributed by atoms with Crippen LogP contribution in [0.15, 0.2) is 60.7 Å². The topological polar surface area (TPSA) is 32.3 Å². The van der Waals surface area contributed by atoms with E-state index in [1.54, 1.807) is 0 Å². The average Bonchev–Trinajstić information content (AvgIpc) is 3.25. The van der Waals surface area contributed by atoms with Crippen LogP contribution in [0.3, 0.4) is 0 Å². The van der Waals surface area contributed by atoms with Gasteiger partial charge in [-0.2, -0.15) is 0 Å². The van der Waals surface area contributed by atoms with E-state index in [2.05, 4.69) is 40.5 Å². The van der Waals surface area contributed by atoms with Crippen LogP contribution in [0, 0.1) is 17.8 Å². The molecule has 2 unspecified atom stereocenters. The molecular formula is C24H30N2O. The van der Waals surface area contributed by atoms with Gasteiger partial charge >= 0.3 is 0 Å². The van der Waals surface area contributed by atoms with E-state index in [0.717, 1.165) is 57.5 Å². The van der Waals surface area contributed by atoms with E-state index in [4.69, 9.17) is 0 Å². The first-order valence-corrected chi connectivity index (χ1v) is 10.4. The van der Waals surface area contributed by atoms with Crippen LogP contribution in [0.25, 0.3) is 0 Å². The molecule has 4 rings (SSSR count). The highest BCUT2D eigenvalue weighted by atomic mass is 16.1. The predicted molar refractivity (Wildman–Crippen MR) is 110 cm³/mol. The predicted octanol–water partition coefficient (Wildman–Crippen LogP) is 4.01. The Bertz CT molecular complexity index is 717. The summed E-state index contributed by atoms with van der Waals surface area (Å²) >= 11 is 0. The van der Waals surface area contributed by atoms with Gasteiger partial charge in [-0.1, -0.05) is 60.7 Å². The van der Waals surface area contributed by atoms with Crippen LogP contribution in [0.1, 0.15) is 35.2 Å². The maximum absolute atomic E-state index is 13.4. The second-order valence-electron chi connectivity index (χ2n) is 8.11. The van der Waals surface area contributed by atoms with Crippen molar-refractivity contribution in [3.63, 3.8) is 0 Å². The zero-order chi connectivity index (χ0) is 18.5. The van der Waals surface area contributed by atoms with Gasteiger partial charge in [-0.3, -0.25) is 9.69 Å². The number of rotatable bonds is 6. The number of nitrogens with zero attached hydrogens (tertiary/aromatic N) is 1. The third-order valence-corrected chi connectivity index (χ3v) is 6.36. The molecule has 3 nitrogen and oxygen atoms in total. The summed E-state index contributed by atoms with van der Waals surface area (Å²) in [6, 6.07) is 20.7. The monoisotopic (exact) mass is 362 g/mol. The summed E-state index contributed by atoms with van der Waals surface area (Å²) in [6.07, 6.45) is 3.40. The van der Waals surface area contributed by atoms with Gasteiger partial charge < -0.3 is 5.32 Å². The van der Waals surface area contributed by atoms with Gasteiger partial charge in [0.25, 0.3) is 0 Å². The van der Waals surface area contributed by atoms with Crippen molar-refractivity contribution in [2.45, 2.75) is 25.8 Å². The summed E-state index contributed by atoms with van der Waals surface area (Å²) in [6.45, 7) is 5.26. The van der Waals surface area contributed by atoms with Crippen LogP contribution in [0.5, 0.6) is 0 Å². The number of carbonyl (C=O) groups is 1. The molecular weight excluding hydrogens is 332 g/mol. The van der Waals surface area contributed by atoms with Crippen molar-refractivity contribution in [2.75, 3.05) is 26.2 Å². The smallest absolute Gasteiger partial charge is 0.166 e. The highest BCUT2D eigenvalue weighted by Crippen LogP contribution is 2.36. The summed E-state index contributed by atoms with van der Waals surface area (Å²) in [5.74, 6) is 1.53. The molecule has 0 spiro atoms.